The quantitative estimate of drug-likeness (QED) is 0.599. The Morgan fingerprint density at radius 2 is 1.90 bits per heavy atom. The van der Waals surface area contributed by atoms with Crippen LogP contribution in [0.15, 0.2) is 4.99 Å². The van der Waals surface area contributed by atoms with E-state index < -0.39 is 9.84 Å². The van der Waals surface area contributed by atoms with Crippen molar-refractivity contribution < 1.29 is 8.42 Å². The SMILES string of the molecule is CCS(=O)(=O)CCNC(=NC)N(C)CC1CCC(C)CC1. The van der Waals surface area contributed by atoms with Gasteiger partial charge in [-0.25, -0.2) is 8.42 Å². The second kappa shape index (κ2) is 8.61. The van der Waals surface area contributed by atoms with Gasteiger partial charge in [0.25, 0.3) is 0 Å². The van der Waals surface area contributed by atoms with E-state index in [1.807, 2.05) is 7.05 Å². The first kappa shape index (κ1) is 18.3. The van der Waals surface area contributed by atoms with E-state index in [-0.39, 0.29) is 11.5 Å². The molecule has 0 spiro atoms. The van der Waals surface area contributed by atoms with Crippen molar-refractivity contribution in [2.45, 2.75) is 39.5 Å². The van der Waals surface area contributed by atoms with Crippen LogP contribution in [0.2, 0.25) is 0 Å². The number of hydrogen-bond acceptors (Lipinski definition) is 3. The van der Waals surface area contributed by atoms with Crippen LogP contribution >= 0.6 is 0 Å². The molecule has 0 radical (unpaired) electrons. The summed E-state index contributed by atoms with van der Waals surface area (Å²) >= 11 is 0. The molecule has 0 aromatic carbocycles. The molecule has 0 aromatic rings. The zero-order chi connectivity index (χ0) is 15.9. The Morgan fingerprint density at radius 3 is 2.43 bits per heavy atom. The summed E-state index contributed by atoms with van der Waals surface area (Å²) in [6, 6.07) is 0. The molecule has 0 amide bonds. The molecule has 1 aliphatic carbocycles. The number of nitrogens with zero attached hydrogens (tertiary/aromatic N) is 2. The lowest BCUT2D eigenvalue weighted by Gasteiger charge is -2.31. The third-order valence-corrected chi connectivity index (χ3v) is 6.08. The van der Waals surface area contributed by atoms with Crippen LogP contribution in [0.25, 0.3) is 0 Å². The first-order chi connectivity index (χ1) is 9.88. The lowest BCUT2D eigenvalue weighted by atomic mass is 9.83. The molecule has 0 aromatic heterocycles. The summed E-state index contributed by atoms with van der Waals surface area (Å²) < 4.78 is 23.0. The predicted molar refractivity (Wildman–Crippen MR) is 89.4 cm³/mol. The van der Waals surface area contributed by atoms with Gasteiger partial charge in [-0.3, -0.25) is 4.99 Å². The van der Waals surface area contributed by atoms with E-state index in [2.05, 4.69) is 22.1 Å². The average Bonchev–Trinajstić information content (AvgIpc) is 2.46. The van der Waals surface area contributed by atoms with Gasteiger partial charge in [-0.15, -0.1) is 0 Å². The highest BCUT2D eigenvalue weighted by Crippen LogP contribution is 2.28. The van der Waals surface area contributed by atoms with E-state index in [1.54, 1.807) is 14.0 Å². The van der Waals surface area contributed by atoms with Crippen LogP contribution in [-0.4, -0.2) is 58.0 Å². The normalized spacial score (nSPS) is 23.9. The summed E-state index contributed by atoms with van der Waals surface area (Å²) in [5.74, 6) is 2.74. The number of hydrogen-bond donors (Lipinski definition) is 1. The Hall–Kier alpha value is -0.780. The van der Waals surface area contributed by atoms with Crippen molar-refractivity contribution in [2.75, 3.05) is 38.7 Å². The van der Waals surface area contributed by atoms with Gasteiger partial charge in [-0.1, -0.05) is 26.7 Å². The Balaban J connectivity index is 2.38. The lowest BCUT2D eigenvalue weighted by molar-refractivity contribution is 0.250. The number of guanidine groups is 1. The predicted octanol–water partition coefficient (Wildman–Crippen LogP) is 1.75. The Morgan fingerprint density at radius 1 is 1.29 bits per heavy atom. The standard InChI is InChI=1S/C15H31N3O2S/c1-5-21(19,20)11-10-17-15(16-3)18(4)12-14-8-6-13(2)7-9-14/h13-14H,5-12H2,1-4H3,(H,16,17). The van der Waals surface area contributed by atoms with Gasteiger partial charge in [-0.05, 0) is 24.7 Å². The summed E-state index contributed by atoms with van der Waals surface area (Å²) in [7, 11) is 0.857. The van der Waals surface area contributed by atoms with Crippen molar-refractivity contribution in [3.63, 3.8) is 0 Å². The molecule has 0 aliphatic heterocycles. The average molecular weight is 317 g/mol. The minimum absolute atomic E-state index is 0.164. The van der Waals surface area contributed by atoms with Crippen molar-refractivity contribution in [2.24, 2.45) is 16.8 Å². The molecule has 5 nitrogen and oxygen atoms in total. The maximum absolute atomic E-state index is 11.5. The first-order valence-corrected chi connectivity index (χ1v) is 9.82. The van der Waals surface area contributed by atoms with E-state index in [0.29, 0.717) is 6.54 Å². The highest BCUT2D eigenvalue weighted by Gasteiger charge is 2.20. The van der Waals surface area contributed by atoms with Gasteiger partial charge in [0.2, 0.25) is 0 Å². The minimum Gasteiger partial charge on any atom is -0.355 e. The highest BCUT2D eigenvalue weighted by atomic mass is 32.2. The zero-order valence-corrected chi connectivity index (χ0v) is 14.7. The molecule has 1 fully saturated rings. The molecular weight excluding hydrogens is 286 g/mol. The van der Waals surface area contributed by atoms with Gasteiger partial charge in [0, 0.05) is 32.9 Å². The monoisotopic (exact) mass is 317 g/mol. The number of nitrogens with one attached hydrogen (secondary N) is 1. The summed E-state index contributed by atoms with van der Waals surface area (Å²) in [5, 5.41) is 3.15. The van der Waals surface area contributed by atoms with Crippen molar-refractivity contribution >= 4 is 15.8 Å². The van der Waals surface area contributed by atoms with Crippen molar-refractivity contribution in [1.82, 2.24) is 10.2 Å². The van der Waals surface area contributed by atoms with Crippen LogP contribution in [0, 0.1) is 11.8 Å². The maximum atomic E-state index is 11.5. The van der Waals surface area contributed by atoms with Gasteiger partial charge in [-0.2, -0.15) is 0 Å². The second-order valence-electron chi connectivity index (χ2n) is 6.22. The number of rotatable bonds is 6. The zero-order valence-electron chi connectivity index (χ0n) is 13.9. The van der Waals surface area contributed by atoms with Crippen LogP contribution in [-0.2, 0) is 9.84 Å². The third kappa shape index (κ3) is 6.68. The lowest BCUT2D eigenvalue weighted by Crippen LogP contribution is -2.43. The van der Waals surface area contributed by atoms with Crippen LogP contribution in [0.1, 0.15) is 39.5 Å². The molecule has 0 bridgehead atoms. The minimum atomic E-state index is -2.92. The van der Waals surface area contributed by atoms with Gasteiger partial charge < -0.3 is 10.2 Å². The fourth-order valence-corrected chi connectivity index (χ4v) is 3.53. The maximum Gasteiger partial charge on any atom is 0.193 e. The van der Waals surface area contributed by atoms with Crippen molar-refractivity contribution in [1.29, 1.82) is 0 Å². The molecule has 0 atom stereocenters. The Bertz CT molecular complexity index is 426. The van der Waals surface area contributed by atoms with Gasteiger partial charge in [0.15, 0.2) is 15.8 Å². The van der Waals surface area contributed by atoms with E-state index in [4.69, 9.17) is 0 Å². The summed E-state index contributed by atoms with van der Waals surface area (Å²) in [4.78, 5) is 6.37. The second-order valence-corrected chi connectivity index (χ2v) is 8.69. The summed E-state index contributed by atoms with van der Waals surface area (Å²) in [5.41, 5.74) is 0. The molecular formula is C15H31N3O2S. The third-order valence-electron chi connectivity index (χ3n) is 4.38. The highest BCUT2D eigenvalue weighted by molar-refractivity contribution is 7.91. The van der Waals surface area contributed by atoms with Gasteiger partial charge in [0.05, 0.1) is 5.75 Å². The molecule has 1 rings (SSSR count). The van der Waals surface area contributed by atoms with Crippen molar-refractivity contribution in [3.05, 3.63) is 0 Å². The molecule has 1 aliphatic rings. The number of sulfone groups is 1. The number of aliphatic imine (C=N–C) groups is 1. The van der Waals surface area contributed by atoms with E-state index >= 15 is 0 Å². The van der Waals surface area contributed by atoms with E-state index in [9.17, 15) is 8.42 Å². The van der Waals surface area contributed by atoms with Gasteiger partial charge >= 0.3 is 0 Å². The van der Waals surface area contributed by atoms with Crippen LogP contribution < -0.4 is 5.32 Å². The molecule has 21 heavy (non-hydrogen) atoms. The molecule has 1 N–H and O–H groups in total. The van der Waals surface area contributed by atoms with E-state index in [0.717, 1.165) is 24.3 Å². The Kier molecular flexibility index (Phi) is 7.49. The molecule has 0 heterocycles. The Labute approximate surface area is 130 Å². The van der Waals surface area contributed by atoms with Crippen LogP contribution in [0.3, 0.4) is 0 Å². The summed E-state index contributed by atoms with van der Waals surface area (Å²) in [6.07, 6.45) is 5.21. The smallest absolute Gasteiger partial charge is 0.193 e. The molecule has 6 heteroatoms. The van der Waals surface area contributed by atoms with Crippen LogP contribution in [0.5, 0.6) is 0 Å². The van der Waals surface area contributed by atoms with Gasteiger partial charge in [0.1, 0.15) is 0 Å². The first-order valence-electron chi connectivity index (χ1n) is 8.00. The largest absolute Gasteiger partial charge is 0.355 e. The van der Waals surface area contributed by atoms with Crippen molar-refractivity contribution in [3.8, 4) is 0 Å². The van der Waals surface area contributed by atoms with Crippen LogP contribution in [0.4, 0.5) is 0 Å². The molecule has 124 valence electrons. The fourth-order valence-electron chi connectivity index (χ4n) is 2.83. The molecule has 0 unspecified atom stereocenters. The fraction of sp³-hybridized carbons (Fsp3) is 0.933. The molecule has 1 saturated carbocycles. The summed E-state index contributed by atoms with van der Waals surface area (Å²) in [6.45, 7) is 5.43. The topological polar surface area (TPSA) is 61.8 Å². The van der Waals surface area contributed by atoms with E-state index in [1.165, 1.54) is 25.7 Å². The molecule has 0 saturated heterocycles.